The first-order valence-electron chi connectivity index (χ1n) is 8.31. The molecule has 3 heterocycles. The lowest BCUT2D eigenvalue weighted by atomic mass is 9.99. The lowest BCUT2D eigenvalue weighted by molar-refractivity contribution is -0.660. The third kappa shape index (κ3) is 2.28. The van der Waals surface area contributed by atoms with Gasteiger partial charge in [-0.25, -0.2) is 4.57 Å². The molecule has 120 valence electrons. The van der Waals surface area contributed by atoms with Gasteiger partial charge in [0.1, 0.15) is 18.2 Å². The minimum Gasteiger partial charge on any atom is -0.456 e. The van der Waals surface area contributed by atoms with Gasteiger partial charge in [0, 0.05) is 40.4 Å². The van der Waals surface area contributed by atoms with Crippen molar-refractivity contribution in [2.45, 2.75) is 26.7 Å². The monoisotopic (exact) mass is 317 g/mol. The predicted molar refractivity (Wildman–Crippen MR) is 97.0 cm³/mol. The summed E-state index contributed by atoms with van der Waals surface area (Å²) in [6, 6.07) is 10.7. The number of hydrogen-bond acceptors (Lipinski definition) is 2. The number of pyridine rings is 2. The summed E-state index contributed by atoms with van der Waals surface area (Å²) in [6.07, 6.45) is 5.87. The standard InChI is InChI=1S/C21H21N2O/c1-13(2)15-5-6-19(23(4)12-15)16-10-17-18-11-22-8-7-20(18)24-21(17)9-14(16)3/h5-13H,1-4H3/q+1. The van der Waals surface area contributed by atoms with Gasteiger partial charge in [-0.15, -0.1) is 0 Å². The highest BCUT2D eigenvalue weighted by Crippen LogP contribution is 2.33. The molecule has 0 saturated heterocycles. The molecule has 1 aromatic carbocycles. The first kappa shape index (κ1) is 14.9. The molecule has 3 aromatic heterocycles. The van der Waals surface area contributed by atoms with Crippen molar-refractivity contribution in [2.75, 3.05) is 0 Å². The van der Waals surface area contributed by atoms with E-state index in [-0.39, 0.29) is 0 Å². The average molecular weight is 317 g/mol. The molecule has 0 fully saturated rings. The Morgan fingerprint density at radius 3 is 2.62 bits per heavy atom. The average Bonchev–Trinajstić information content (AvgIpc) is 2.91. The van der Waals surface area contributed by atoms with Gasteiger partial charge in [-0.2, -0.15) is 0 Å². The van der Waals surface area contributed by atoms with Crippen LogP contribution in [0, 0.1) is 6.92 Å². The molecule has 4 aromatic rings. The fraction of sp³-hybridized carbons (Fsp3) is 0.238. The Bertz CT molecular complexity index is 1060. The first-order chi connectivity index (χ1) is 11.5. The third-order valence-electron chi connectivity index (χ3n) is 4.72. The zero-order valence-corrected chi connectivity index (χ0v) is 14.5. The first-order valence-corrected chi connectivity index (χ1v) is 8.31. The summed E-state index contributed by atoms with van der Waals surface area (Å²) in [7, 11) is 2.11. The lowest BCUT2D eigenvalue weighted by Gasteiger charge is -2.08. The largest absolute Gasteiger partial charge is 0.456 e. The normalized spacial score (nSPS) is 11.7. The number of furan rings is 1. The van der Waals surface area contributed by atoms with Crippen LogP contribution in [0.15, 0.2) is 53.3 Å². The quantitative estimate of drug-likeness (QED) is 0.492. The van der Waals surface area contributed by atoms with Crippen molar-refractivity contribution in [3.63, 3.8) is 0 Å². The Hall–Kier alpha value is -2.68. The van der Waals surface area contributed by atoms with E-state index < -0.39 is 0 Å². The number of aryl methyl sites for hydroxylation is 2. The Kier molecular flexibility index (Phi) is 3.38. The van der Waals surface area contributed by atoms with Crippen LogP contribution in [0.1, 0.15) is 30.9 Å². The van der Waals surface area contributed by atoms with Crippen LogP contribution in [0.3, 0.4) is 0 Å². The fourth-order valence-corrected chi connectivity index (χ4v) is 3.29. The molecule has 0 aliphatic carbocycles. The maximum Gasteiger partial charge on any atom is 0.212 e. The van der Waals surface area contributed by atoms with Crippen LogP contribution in [0.25, 0.3) is 33.2 Å². The SMILES string of the molecule is Cc1cc2oc3ccncc3c2cc1-c1ccc(C(C)C)c[n+]1C. The van der Waals surface area contributed by atoms with E-state index in [0.717, 1.165) is 21.9 Å². The van der Waals surface area contributed by atoms with Crippen molar-refractivity contribution in [3.8, 4) is 11.3 Å². The van der Waals surface area contributed by atoms with Gasteiger partial charge < -0.3 is 4.42 Å². The summed E-state index contributed by atoms with van der Waals surface area (Å²) in [5, 5.41) is 2.18. The second-order valence-electron chi connectivity index (χ2n) is 6.75. The van der Waals surface area contributed by atoms with Crippen LogP contribution in [0.4, 0.5) is 0 Å². The Morgan fingerprint density at radius 2 is 1.88 bits per heavy atom. The molecule has 0 amide bonds. The second-order valence-corrected chi connectivity index (χ2v) is 6.75. The van der Waals surface area contributed by atoms with Crippen LogP contribution in [0.2, 0.25) is 0 Å². The highest BCUT2D eigenvalue weighted by molar-refractivity contribution is 6.06. The van der Waals surface area contributed by atoms with Gasteiger partial charge in [-0.3, -0.25) is 4.98 Å². The highest BCUT2D eigenvalue weighted by Gasteiger charge is 2.17. The van der Waals surface area contributed by atoms with Gasteiger partial charge in [0.05, 0.1) is 0 Å². The maximum absolute atomic E-state index is 5.96. The summed E-state index contributed by atoms with van der Waals surface area (Å²) >= 11 is 0. The van der Waals surface area contributed by atoms with Crippen LogP contribution in [-0.2, 0) is 7.05 Å². The van der Waals surface area contributed by atoms with Crippen LogP contribution < -0.4 is 4.57 Å². The van der Waals surface area contributed by atoms with E-state index in [9.17, 15) is 0 Å². The molecule has 0 radical (unpaired) electrons. The van der Waals surface area contributed by atoms with Crippen LogP contribution in [0.5, 0.6) is 0 Å². The number of fused-ring (bicyclic) bond motifs is 3. The molecular formula is C21H21N2O+. The van der Waals surface area contributed by atoms with E-state index in [1.54, 1.807) is 6.20 Å². The van der Waals surface area contributed by atoms with Gasteiger partial charge in [-0.05, 0) is 42.7 Å². The van der Waals surface area contributed by atoms with E-state index in [1.165, 1.54) is 22.4 Å². The van der Waals surface area contributed by atoms with Gasteiger partial charge in [-0.1, -0.05) is 13.8 Å². The molecule has 0 aliphatic rings. The molecule has 0 bridgehead atoms. The Balaban J connectivity index is 1.96. The van der Waals surface area contributed by atoms with Crippen LogP contribution in [-0.4, -0.2) is 4.98 Å². The zero-order valence-electron chi connectivity index (χ0n) is 14.5. The Labute approximate surface area is 141 Å². The predicted octanol–water partition coefficient (Wildman–Crippen LogP) is 4.90. The summed E-state index contributed by atoms with van der Waals surface area (Å²) in [6.45, 7) is 6.57. The van der Waals surface area contributed by atoms with Crippen molar-refractivity contribution >= 4 is 21.9 Å². The molecule has 3 heteroatoms. The van der Waals surface area contributed by atoms with Gasteiger partial charge in [0.2, 0.25) is 5.69 Å². The van der Waals surface area contributed by atoms with E-state index in [0.29, 0.717) is 5.92 Å². The molecule has 0 unspecified atom stereocenters. The molecule has 0 atom stereocenters. The van der Waals surface area contributed by atoms with Crippen molar-refractivity contribution in [1.82, 2.24) is 4.98 Å². The van der Waals surface area contributed by atoms with E-state index in [2.05, 4.69) is 67.8 Å². The highest BCUT2D eigenvalue weighted by atomic mass is 16.3. The summed E-state index contributed by atoms with van der Waals surface area (Å²) in [4.78, 5) is 4.24. The topological polar surface area (TPSA) is 29.9 Å². The number of hydrogen-bond donors (Lipinski definition) is 0. The van der Waals surface area contributed by atoms with Gasteiger partial charge in [0.25, 0.3) is 0 Å². The minimum absolute atomic E-state index is 0.526. The van der Waals surface area contributed by atoms with E-state index in [1.807, 2.05) is 12.3 Å². The smallest absolute Gasteiger partial charge is 0.212 e. The van der Waals surface area contributed by atoms with Crippen molar-refractivity contribution < 1.29 is 8.98 Å². The van der Waals surface area contributed by atoms with Crippen LogP contribution >= 0.6 is 0 Å². The van der Waals surface area contributed by atoms with Gasteiger partial charge >= 0.3 is 0 Å². The van der Waals surface area contributed by atoms with E-state index in [4.69, 9.17) is 4.42 Å². The molecule has 4 rings (SSSR count). The number of aromatic nitrogens is 2. The zero-order chi connectivity index (χ0) is 16.8. The molecule has 0 aliphatic heterocycles. The summed E-state index contributed by atoms with van der Waals surface area (Å²) in [5.74, 6) is 0.526. The van der Waals surface area contributed by atoms with Crippen molar-refractivity contribution in [2.24, 2.45) is 7.05 Å². The lowest BCUT2D eigenvalue weighted by Crippen LogP contribution is -2.31. The van der Waals surface area contributed by atoms with Crippen molar-refractivity contribution in [3.05, 3.63) is 60.0 Å². The van der Waals surface area contributed by atoms with E-state index >= 15 is 0 Å². The molecule has 0 saturated carbocycles. The second kappa shape index (κ2) is 5.45. The third-order valence-corrected chi connectivity index (χ3v) is 4.72. The molecular weight excluding hydrogens is 296 g/mol. The number of nitrogens with zero attached hydrogens (tertiary/aromatic N) is 2. The molecule has 24 heavy (non-hydrogen) atoms. The number of rotatable bonds is 2. The molecule has 3 nitrogen and oxygen atoms in total. The number of benzene rings is 1. The minimum atomic E-state index is 0.526. The Morgan fingerprint density at radius 1 is 1.04 bits per heavy atom. The summed E-state index contributed by atoms with van der Waals surface area (Å²) in [5.41, 5.74) is 6.79. The molecule has 0 spiro atoms. The van der Waals surface area contributed by atoms with Crippen molar-refractivity contribution in [1.29, 1.82) is 0 Å². The summed E-state index contributed by atoms with van der Waals surface area (Å²) < 4.78 is 8.17. The molecule has 0 N–H and O–H groups in total. The maximum atomic E-state index is 5.96. The fourth-order valence-electron chi connectivity index (χ4n) is 3.29. The van der Waals surface area contributed by atoms with Gasteiger partial charge in [0.15, 0.2) is 6.20 Å².